The zero-order valence-electron chi connectivity index (χ0n) is 12.0. The maximum Gasteiger partial charge on any atom is 0.0716 e. The molecule has 0 aliphatic carbocycles. The van der Waals surface area contributed by atoms with Crippen molar-refractivity contribution in [2.75, 3.05) is 6.61 Å². The molecule has 0 saturated carbocycles. The van der Waals surface area contributed by atoms with Crippen molar-refractivity contribution in [2.45, 2.75) is 46.6 Å². The fourth-order valence-electron chi connectivity index (χ4n) is 1.62. The lowest BCUT2D eigenvalue weighted by molar-refractivity contribution is 0.119. The minimum Gasteiger partial charge on any atom is -0.377 e. The Hall–Kier alpha value is -1.08. The molecule has 0 aromatic heterocycles. The lowest BCUT2D eigenvalue weighted by Gasteiger charge is -2.14. The first-order valence-corrected chi connectivity index (χ1v) is 6.84. The third-order valence-corrected chi connectivity index (χ3v) is 2.67. The smallest absolute Gasteiger partial charge is 0.0716 e. The van der Waals surface area contributed by atoms with Gasteiger partial charge in [-0.25, -0.2) is 0 Å². The molecule has 0 radical (unpaired) electrons. The van der Waals surface area contributed by atoms with E-state index in [4.69, 9.17) is 4.74 Å². The highest BCUT2D eigenvalue weighted by Gasteiger charge is 2.05. The van der Waals surface area contributed by atoms with Gasteiger partial charge in [-0.2, -0.15) is 0 Å². The van der Waals surface area contributed by atoms with Crippen LogP contribution in [0.25, 0.3) is 0 Å². The standard InChI is InChI=1S/C17H26O/c1-17(2,3)13-9-4-5-10-14-18-15-16-11-7-6-8-12-16/h4,6-9,11-12H,5,10,13-15H2,1-3H3/b9-4+. The van der Waals surface area contributed by atoms with Gasteiger partial charge in [0.25, 0.3) is 0 Å². The number of benzene rings is 1. The van der Waals surface area contributed by atoms with Gasteiger partial charge in [-0.15, -0.1) is 0 Å². The van der Waals surface area contributed by atoms with Crippen LogP contribution in [0.2, 0.25) is 0 Å². The quantitative estimate of drug-likeness (QED) is 0.487. The summed E-state index contributed by atoms with van der Waals surface area (Å²) in [5.74, 6) is 0. The van der Waals surface area contributed by atoms with E-state index in [0.717, 1.165) is 32.5 Å². The molecule has 0 saturated heterocycles. The van der Waals surface area contributed by atoms with Crippen molar-refractivity contribution in [3.05, 3.63) is 48.0 Å². The molecule has 1 aromatic rings. The van der Waals surface area contributed by atoms with Crippen LogP contribution < -0.4 is 0 Å². The Kier molecular flexibility index (Phi) is 6.74. The summed E-state index contributed by atoms with van der Waals surface area (Å²) in [6.45, 7) is 8.36. The van der Waals surface area contributed by atoms with Gasteiger partial charge in [-0.1, -0.05) is 63.3 Å². The molecule has 18 heavy (non-hydrogen) atoms. The zero-order valence-corrected chi connectivity index (χ0v) is 12.0. The van der Waals surface area contributed by atoms with Crippen LogP contribution in [-0.4, -0.2) is 6.61 Å². The molecule has 0 spiro atoms. The van der Waals surface area contributed by atoms with Gasteiger partial charge in [0.15, 0.2) is 0 Å². The van der Waals surface area contributed by atoms with Crippen LogP contribution in [0.5, 0.6) is 0 Å². The third-order valence-electron chi connectivity index (χ3n) is 2.67. The van der Waals surface area contributed by atoms with E-state index in [-0.39, 0.29) is 0 Å². The molecule has 1 heteroatoms. The third kappa shape index (κ3) is 8.08. The summed E-state index contributed by atoms with van der Waals surface area (Å²) in [5, 5.41) is 0. The van der Waals surface area contributed by atoms with Gasteiger partial charge < -0.3 is 4.74 Å². The summed E-state index contributed by atoms with van der Waals surface area (Å²) < 4.78 is 5.63. The average molecular weight is 246 g/mol. The first-order valence-electron chi connectivity index (χ1n) is 6.84. The van der Waals surface area contributed by atoms with Gasteiger partial charge >= 0.3 is 0 Å². The van der Waals surface area contributed by atoms with E-state index in [1.165, 1.54) is 5.56 Å². The number of allylic oxidation sites excluding steroid dienone is 2. The molecule has 0 atom stereocenters. The lowest BCUT2D eigenvalue weighted by atomic mass is 9.92. The molecule has 1 nitrogen and oxygen atoms in total. The van der Waals surface area contributed by atoms with E-state index in [1.54, 1.807) is 0 Å². The molecule has 1 rings (SSSR count). The van der Waals surface area contributed by atoms with Gasteiger partial charge in [0.1, 0.15) is 0 Å². The number of ether oxygens (including phenoxy) is 1. The lowest BCUT2D eigenvalue weighted by Crippen LogP contribution is -2.01. The van der Waals surface area contributed by atoms with Crippen LogP contribution in [0.1, 0.15) is 45.6 Å². The predicted octanol–water partition coefficient (Wildman–Crippen LogP) is 4.98. The van der Waals surface area contributed by atoms with Crippen molar-refractivity contribution in [2.24, 2.45) is 5.41 Å². The minimum atomic E-state index is 0.403. The van der Waals surface area contributed by atoms with E-state index in [2.05, 4.69) is 45.1 Å². The van der Waals surface area contributed by atoms with Crippen molar-refractivity contribution in [1.82, 2.24) is 0 Å². The van der Waals surface area contributed by atoms with Crippen LogP contribution in [-0.2, 0) is 11.3 Å². The zero-order chi connectivity index (χ0) is 13.3. The largest absolute Gasteiger partial charge is 0.377 e. The van der Waals surface area contributed by atoms with E-state index in [9.17, 15) is 0 Å². The monoisotopic (exact) mass is 246 g/mol. The van der Waals surface area contributed by atoms with Crippen molar-refractivity contribution < 1.29 is 4.74 Å². The summed E-state index contributed by atoms with van der Waals surface area (Å²) in [6, 6.07) is 10.3. The Morgan fingerprint density at radius 3 is 2.44 bits per heavy atom. The van der Waals surface area contributed by atoms with Crippen molar-refractivity contribution in [1.29, 1.82) is 0 Å². The van der Waals surface area contributed by atoms with Gasteiger partial charge in [-0.05, 0) is 30.2 Å². The van der Waals surface area contributed by atoms with Gasteiger partial charge in [-0.3, -0.25) is 0 Å². The van der Waals surface area contributed by atoms with E-state index in [0.29, 0.717) is 5.41 Å². The van der Waals surface area contributed by atoms with Crippen LogP contribution in [0.15, 0.2) is 42.5 Å². The number of unbranched alkanes of at least 4 members (excludes halogenated alkanes) is 1. The van der Waals surface area contributed by atoms with E-state index < -0.39 is 0 Å². The molecule has 100 valence electrons. The highest BCUT2D eigenvalue weighted by atomic mass is 16.5. The first kappa shape index (κ1) is 15.0. The summed E-state index contributed by atoms with van der Waals surface area (Å²) in [6.07, 6.45) is 7.94. The normalized spacial score (nSPS) is 12.2. The topological polar surface area (TPSA) is 9.23 Å². The second kappa shape index (κ2) is 8.10. The highest BCUT2D eigenvalue weighted by Crippen LogP contribution is 2.18. The predicted molar refractivity (Wildman–Crippen MR) is 78.5 cm³/mol. The molecule has 0 unspecified atom stereocenters. The Balaban J connectivity index is 1.99. The Bertz CT molecular complexity index is 332. The maximum atomic E-state index is 5.63. The summed E-state index contributed by atoms with van der Waals surface area (Å²) >= 11 is 0. The van der Waals surface area contributed by atoms with Crippen molar-refractivity contribution in [3.63, 3.8) is 0 Å². The summed E-state index contributed by atoms with van der Waals surface area (Å²) in [5.41, 5.74) is 1.65. The second-order valence-electron chi connectivity index (χ2n) is 5.92. The first-order chi connectivity index (χ1) is 8.58. The second-order valence-corrected chi connectivity index (χ2v) is 5.92. The van der Waals surface area contributed by atoms with Gasteiger partial charge in [0.05, 0.1) is 6.61 Å². The average Bonchev–Trinajstić information content (AvgIpc) is 2.32. The number of hydrogen-bond acceptors (Lipinski definition) is 1. The van der Waals surface area contributed by atoms with E-state index >= 15 is 0 Å². The van der Waals surface area contributed by atoms with Crippen molar-refractivity contribution >= 4 is 0 Å². The molecule has 0 heterocycles. The molecular weight excluding hydrogens is 220 g/mol. The number of rotatable bonds is 7. The van der Waals surface area contributed by atoms with Crippen LogP contribution in [0.4, 0.5) is 0 Å². The fraction of sp³-hybridized carbons (Fsp3) is 0.529. The minimum absolute atomic E-state index is 0.403. The van der Waals surface area contributed by atoms with Crippen molar-refractivity contribution in [3.8, 4) is 0 Å². The molecule has 0 bridgehead atoms. The maximum absolute atomic E-state index is 5.63. The Morgan fingerprint density at radius 1 is 1.06 bits per heavy atom. The van der Waals surface area contributed by atoms with Crippen LogP contribution in [0.3, 0.4) is 0 Å². The van der Waals surface area contributed by atoms with Gasteiger partial charge in [0.2, 0.25) is 0 Å². The molecular formula is C17H26O. The molecule has 0 aliphatic heterocycles. The summed E-state index contributed by atoms with van der Waals surface area (Å²) in [7, 11) is 0. The molecule has 0 fully saturated rings. The highest BCUT2D eigenvalue weighted by molar-refractivity contribution is 5.13. The van der Waals surface area contributed by atoms with E-state index in [1.807, 2.05) is 18.2 Å². The SMILES string of the molecule is CC(C)(C)C/C=C/CCCOCc1ccccc1. The Labute approximate surface area is 112 Å². The van der Waals surface area contributed by atoms with Crippen LogP contribution >= 0.6 is 0 Å². The summed E-state index contributed by atoms with van der Waals surface area (Å²) in [4.78, 5) is 0. The molecule has 0 aliphatic rings. The Morgan fingerprint density at radius 2 is 1.78 bits per heavy atom. The van der Waals surface area contributed by atoms with Gasteiger partial charge in [0, 0.05) is 6.61 Å². The fourth-order valence-corrected chi connectivity index (χ4v) is 1.62. The number of hydrogen-bond donors (Lipinski definition) is 0. The van der Waals surface area contributed by atoms with Crippen LogP contribution in [0, 0.1) is 5.41 Å². The molecule has 0 N–H and O–H groups in total. The molecule has 1 aromatic carbocycles. The molecule has 0 amide bonds.